The SMILES string of the molecule is CCCCCCCC(Cc1ccc2ccccc2c1)NN. The van der Waals surface area contributed by atoms with Gasteiger partial charge in [0.05, 0.1) is 0 Å². The van der Waals surface area contributed by atoms with Crippen molar-refractivity contribution in [1.29, 1.82) is 0 Å². The van der Waals surface area contributed by atoms with Crippen molar-refractivity contribution in [2.24, 2.45) is 5.84 Å². The molecule has 2 heteroatoms. The molecule has 2 nitrogen and oxygen atoms in total. The molecule has 2 rings (SSSR count). The highest BCUT2D eigenvalue weighted by atomic mass is 15.2. The fourth-order valence-corrected chi connectivity index (χ4v) is 2.89. The summed E-state index contributed by atoms with van der Waals surface area (Å²) in [6, 6.07) is 15.6. The van der Waals surface area contributed by atoms with E-state index in [4.69, 9.17) is 5.84 Å². The molecule has 0 fully saturated rings. The molecule has 0 bridgehead atoms. The third-order valence-corrected chi connectivity index (χ3v) is 4.19. The molecular weight excluding hydrogens is 256 g/mol. The van der Waals surface area contributed by atoms with Gasteiger partial charge in [-0.05, 0) is 29.2 Å². The molecule has 0 heterocycles. The quantitative estimate of drug-likeness (QED) is 0.402. The van der Waals surface area contributed by atoms with E-state index in [1.54, 1.807) is 0 Å². The molecule has 0 saturated heterocycles. The second-order valence-electron chi connectivity index (χ2n) is 5.95. The Morgan fingerprint density at radius 2 is 1.71 bits per heavy atom. The van der Waals surface area contributed by atoms with Crippen LogP contribution in [-0.4, -0.2) is 6.04 Å². The van der Waals surface area contributed by atoms with Gasteiger partial charge in [-0.3, -0.25) is 11.3 Å². The van der Waals surface area contributed by atoms with Gasteiger partial charge in [-0.1, -0.05) is 81.5 Å². The van der Waals surface area contributed by atoms with E-state index in [1.807, 2.05) is 0 Å². The van der Waals surface area contributed by atoms with E-state index in [1.165, 1.54) is 48.4 Å². The zero-order valence-corrected chi connectivity index (χ0v) is 13.1. The van der Waals surface area contributed by atoms with Crippen molar-refractivity contribution in [2.75, 3.05) is 0 Å². The average molecular weight is 284 g/mol. The van der Waals surface area contributed by atoms with Crippen molar-refractivity contribution >= 4 is 10.8 Å². The fourth-order valence-electron chi connectivity index (χ4n) is 2.89. The number of hydrazine groups is 1. The zero-order valence-electron chi connectivity index (χ0n) is 13.1. The second-order valence-corrected chi connectivity index (χ2v) is 5.95. The van der Waals surface area contributed by atoms with E-state index < -0.39 is 0 Å². The Labute approximate surface area is 128 Å². The number of nitrogens with one attached hydrogen (secondary N) is 1. The zero-order chi connectivity index (χ0) is 14.9. The maximum absolute atomic E-state index is 5.72. The lowest BCUT2D eigenvalue weighted by atomic mass is 9.98. The average Bonchev–Trinajstić information content (AvgIpc) is 2.53. The molecule has 1 atom stereocenters. The van der Waals surface area contributed by atoms with Gasteiger partial charge in [-0.2, -0.15) is 0 Å². The monoisotopic (exact) mass is 284 g/mol. The molecule has 0 amide bonds. The molecule has 0 aliphatic carbocycles. The van der Waals surface area contributed by atoms with Gasteiger partial charge in [0.2, 0.25) is 0 Å². The Kier molecular flexibility index (Phi) is 6.71. The van der Waals surface area contributed by atoms with E-state index in [2.05, 4.69) is 54.8 Å². The lowest BCUT2D eigenvalue weighted by Gasteiger charge is -2.16. The van der Waals surface area contributed by atoms with E-state index in [0.717, 1.165) is 12.8 Å². The largest absolute Gasteiger partial charge is 0.271 e. The second kappa shape index (κ2) is 8.81. The van der Waals surface area contributed by atoms with E-state index >= 15 is 0 Å². The molecule has 2 aromatic rings. The summed E-state index contributed by atoms with van der Waals surface area (Å²) in [5, 5.41) is 2.62. The molecule has 2 aromatic carbocycles. The van der Waals surface area contributed by atoms with Gasteiger partial charge in [0.15, 0.2) is 0 Å². The van der Waals surface area contributed by atoms with E-state index in [0.29, 0.717) is 6.04 Å². The van der Waals surface area contributed by atoms with Crippen LogP contribution in [-0.2, 0) is 6.42 Å². The number of fused-ring (bicyclic) bond motifs is 1. The van der Waals surface area contributed by atoms with Crippen LogP contribution < -0.4 is 11.3 Å². The van der Waals surface area contributed by atoms with E-state index in [9.17, 15) is 0 Å². The number of rotatable bonds is 9. The lowest BCUT2D eigenvalue weighted by Crippen LogP contribution is -2.36. The Morgan fingerprint density at radius 1 is 0.952 bits per heavy atom. The molecular formula is C19H28N2. The summed E-state index contributed by atoms with van der Waals surface area (Å²) in [5.41, 5.74) is 4.36. The molecule has 3 N–H and O–H groups in total. The predicted molar refractivity (Wildman–Crippen MR) is 92.1 cm³/mol. The molecule has 0 saturated carbocycles. The molecule has 0 radical (unpaired) electrons. The molecule has 0 aliphatic rings. The van der Waals surface area contributed by atoms with Crippen LogP contribution in [0.25, 0.3) is 10.8 Å². The summed E-state index contributed by atoms with van der Waals surface area (Å²) in [6.07, 6.45) is 8.76. The predicted octanol–water partition coefficient (Wildman–Crippen LogP) is 4.57. The van der Waals surface area contributed by atoms with Crippen molar-refractivity contribution in [2.45, 2.75) is 57.9 Å². The molecule has 21 heavy (non-hydrogen) atoms. The summed E-state index contributed by atoms with van der Waals surface area (Å²) in [6.45, 7) is 2.25. The first-order valence-corrected chi connectivity index (χ1v) is 8.27. The van der Waals surface area contributed by atoms with Crippen LogP contribution in [0.15, 0.2) is 42.5 Å². The van der Waals surface area contributed by atoms with Crippen LogP contribution >= 0.6 is 0 Å². The topological polar surface area (TPSA) is 38.0 Å². The van der Waals surface area contributed by atoms with Crippen LogP contribution in [0.2, 0.25) is 0 Å². The Balaban J connectivity index is 1.87. The van der Waals surface area contributed by atoms with Crippen molar-refractivity contribution in [1.82, 2.24) is 5.43 Å². The maximum atomic E-state index is 5.72. The molecule has 1 unspecified atom stereocenters. The van der Waals surface area contributed by atoms with Crippen molar-refractivity contribution in [3.05, 3.63) is 48.0 Å². The molecule has 0 aromatic heterocycles. The summed E-state index contributed by atoms with van der Waals surface area (Å²) in [7, 11) is 0. The summed E-state index contributed by atoms with van der Waals surface area (Å²) in [4.78, 5) is 0. The number of unbranched alkanes of at least 4 members (excludes halogenated alkanes) is 4. The third kappa shape index (κ3) is 5.14. The lowest BCUT2D eigenvalue weighted by molar-refractivity contribution is 0.461. The minimum Gasteiger partial charge on any atom is -0.271 e. The van der Waals surface area contributed by atoms with Gasteiger partial charge in [-0.15, -0.1) is 0 Å². The summed E-state index contributed by atoms with van der Waals surface area (Å²) in [5.74, 6) is 5.72. The van der Waals surface area contributed by atoms with Crippen molar-refractivity contribution < 1.29 is 0 Å². The molecule has 0 aliphatic heterocycles. The van der Waals surface area contributed by atoms with Gasteiger partial charge in [-0.25, -0.2) is 0 Å². The Hall–Kier alpha value is -1.38. The minimum absolute atomic E-state index is 0.382. The van der Waals surface area contributed by atoms with Crippen LogP contribution in [0.5, 0.6) is 0 Å². The normalized spacial score (nSPS) is 12.7. The molecule has 114 valence electrons. The third-order valence-electron chi connectivity index (χ3n) is 4.19. The standard InChI is InChI=1S/C19H28N2/c1-2-3-4-5-6-11-19(21-20)15-16-12-13-17-9-7-8-10-18(17)14-16/h7-10,12-14,19,21H,2-6,11,15,20H2,1H3. The summed E-state index contributed by atoms with van der Waals surface area (Å²) < 4.78 is 0. The van der Waals surface area contributed by atoms with Gasteiger partial charge >= 0.3 is 0 Å². The Bertz CT molecular complexity index is 536. The minimum atomic E-state index is 0.382. The van der Waals surface area contributed by atoms with Gasteiger partial charge < -0.3 is 0 Å². The highest BCUT2D eigenvalue weighted by Crippen LogP contribution is 2.18. The first-order valence-electron chi connectivity index (χ1n) is 8.27. The van der Waals surface area contributed by atoms with Crippen molar-refractivity contribution in [3.63, 3.8) is 0 Å². The van der Waals surface area contributed by atoms with Crippen LogP contribution in [0.1, 0.15) is 51.0 Å². The van der Waals surface area contributed by atoms with Crippen molar-refractivity contribution in [3.8, 4) is 0 Å². The highest BCUT2D eigenvalue weighted by molar-refractivity contribution is 5.82. The number of hydrogen-bond acceptors (Lipinski definition) is 2. The number of nitrogens with two attached hydrogens (primary N) is 1. The number of benzene rings is 2. The van der Waals surface area contributed by atoms with Gasteiger partial charge in [0.1, 0.15) is 0 Å². The van der Waals surface area contributed by atoms with Crippen LogP contribution in [0.3, 0.4) is 0 Å². The number of hydrogen-bond donors (Lipinski definition) is 2. The smallest absolute Gasteiger partial charge is 0.0250 e. The van der Waals surface area contributed by atoms with Crippen LogP contribution in [0.4, 0.5) is 0 Å². The van der Waals surface area contributed by atoms with Crippen LogP contribution in [0, 0.1) is 0 Å². The first kappa shape index (κ1) is 16.0. The van der Waals surface area contributed by atoms with Gasteiger partial charge in [0.25, 0.3) is 0 Å². The van der Waals surface area contributed by atoms with Gasteiger partial charge in [0, 0.05) is 6.04 Å². The molecule has 0 spiro atoms. The maximum Gasteiger partial charge on any atom is 0.0250 e. The highest BCUT2D eigenvalue weighted by Gasteiger charge is 2.08. The van der Waals surface area contributed by atoms with E-state index in [-0.39, 0.29) is 0 Å². The first-order chi connectivity index (χ1) is 10.3. The Morgan fingerprint density at radius 3 is 2.48 bits per heavy atom. The summed E-state index contributed by atoms with van der Waals surface area (Å²) >= 11 is 0. The fraction of sp³-hybridized carbons (Fsp3) is 0.474.